The second kappa shape index (κ2) is 9.57. The molecule has 0 spiro atoms. The number of aryl methyl sites for hydroxylation is 1. The minimum absolute atomic E-state index is 0.0680. The van der Waals surface area contributed by atoms with Crippen LogP contribution in [0.3, 0.4) is 0 Å². The average Bonchev–Trinajstić information content (AvgIpc) is 2.62. The minimum Gasteiger partial charge on any atom is -0.494 e. The molecular formula is C20H25NO4. The third-order valence-corrected chi connectivity index (χ3v) is 3.55. The first-order valence-electron chi connectivity index (χ1n) is 8.58. The van der Waals surface area contributed by atoms with E-state index in [1.807, 2.05) is 44.2 Å². The van der Waals surface area contributed by atoms with Crippen molar-refractivity contribution in [1.29, 1.82) is 0 Å². The number of carbonyl (C=O) groups is 1. The van der Waals surface area contributed by atoms with Gasteiger partial charge in [-0.25, -0.2) is 0 Å². The van der Waals surface area contributed by atoms with Gasteiger partial charge in [-0.2, -0.15) is 0 Å². The van der Waals surface area contributed by atoms with Crippen LogP contribution in [-0.4, -0.2) is 25.7 Å². The second-order valence-corrected chi connectivity index (χ2v) is 5.32. The molecule has 0 aliphatic carbocycles. The van der Waals surface area contributed by atoms with Crippen molar-refractivity contribution in [1.82, 2.24) is 0 Å². The van der Waals surface area contributed by atoms with Gasteiger partial charge in [0, 0.05) is 6.07 Å². The monoisotopic (exact) mass is 343 g/mol. The van der Waals surface area contributed by atoms with Crippen LogP contribution >= 0.6 is 0 Å². The van der Waals surface area contributed by atoms with Crippen LogP contribution in [0.4, 0.5) is 5.69 Å². The van der Waals surface area contributed by atoms with Crippen molar-refractivity contribution < 1.29 is 19.0 Å². The van der Waals surface area contributed by atoms with E-state index in [1.54, 1.807) is 12.1 Å². The van der Waals surface area contributed by atoms with Crippen LogP contribution in [0.1, 0.15) is 26.3 Å². The van der Waals surface area contributed by atoms with Crippen molar-refractivity contribution in [2.45, 2.75) is 27.2 Å². The zero-order valence-electron chi connectivity index (χ0n) is 15.0. The molecule has 0 heterocycles. The third-order valence-electron chi connectivity index (χ3n) is 3.55. The standard InChI is InChI=1S/C20H25NO4/c1-4-15-9-7-8-10-18(15)25-14-20(22)21-17-13-16(23-5-2)11-12-19(17)24-6-3/h7-13H,4-6,14H2,1-3H3,(H,21,22). The highest BCUT2D eigenvalue weighted by Gasteiger charge is 2.11. The lowest BCUT2D eigenvalue weighted by Gasteiger charge is -2.14. The molecule has 2 rings (SSSR count). The van der Waals surface area contributed by atoms with Crippen LogP contribution in [0.5, 0.6) is 17.2 Å². The maximum absolute atomic E-state index is 12.3. The molecular weight excluding hydrogens is 318 g/mol. The molecule has 5 heteroatoms. The Labute approximate surface area is 148 Å². The molecule has 1 amide bonds. The second-order valence-electron chi connectivity index (χ2n) is 5.32. The van der Waals surface area contributed by atoms with E-state index >= 15 is 0 Å². The molecule has 1 N–H and O–H groups in total. The Hall–Kier alpha value is -2.69. The van der Waals surface area contributed by atoms with Crippen molar-refractivity contribution in [2.75, 3.05) is 25.1 Å². The molecule has 2 aromatic carbocycles. The summed E-state index contributed by atoms with van der Waals surface area (Å²) >= 11 is 0. The van der Waals surface area contributed by atoms with Crippen LogP contribution in [0.25, 0.3) is 0 Å². The number of carbonyl (C=O) groups excluding carboxylic acids is 1. The minimum atomic E-state index is -0.250. The summed E-state index contributed by atoms with van der Waals surface area (Å²) in [5.41, 5.74) is 1.65. The fourth-order valence-corrected chi connectivity index (χ4v) is 2.41. The molecule has 0 fully saturated rings. The van der Waals surface area contributed by atoms with Gasteiger partial charge in [0.25, 0.3) is 5.91 Å². The summed E-state index contributed by atoms with van der Waals surface area (Å²) in [5.74, 6) is 1.76. The van der Waals surface area contributed by atoms with E-state index in [0.29, 0.717) is 30.4 Å². The number of hydrogen-bond donors (Lipinski definition) is 1. The van der Waals surface area contributed by atoms with Crippen LogP contribution in [0, 0.1) is 0 Å². The number of anilines is 1. The average molecular weight is 343 g/mol. The van der Waals surface area contributed by atoms with Gasteiger partial charge in [0.1, 0.15) is 17.2 Å². The Morgan fingerprint density at radius 1 is 0.920 bits per heavy atom. The Morgan fingerprint density at radius 3 is 2.40 bits per heavy atom. The van der Waals surface area contributed by atoms with Gasteiger partial charge in [0.15, 0.2) is 6.61 Å². The van der Waals surface area contributed by atoms with E-state index in [-0.39, 0.29) is 12.5 Å². The fourth-order valence-electron chi connectivity index (χ4n) is 2.41. The molecule has 0 atom stereocenters. The normalized spacial score (nSPS) is 10.2. The zero-order chi connectivity index (χ0) is 18.1. The van der Waals surface area contributed by atoms with Crippen LogP contribution in [-0.2, 0) is 11.2 Å². The smallest absolute Gasteiger partial charge is 0.262 e. The zero-order valence-corrected chi connectivity index (χ0v) is 15.0. The van der Waals surface area contributed by atoms with Crippen molar-refractivity contribution >= 4 is 11.6 Å². The first-order chi connectivity index (χ1) is 12.2. The quantitative estimate of drug-likeness (QED) is 0.746. The fraction of sp³-hybridized carbons (Fsp3) is 0.350. The highest BCUT2D eigenvalue weighted by Crippen LogP contribution is 2.29. The molecule has 134 valence electrons. The molecule has 0 saturated carbocycles. The van der Waals surface area contributed by atoms with Gasteiger partial charge in [-0.1, -0.05) is 25.1 Å². The van der Waals surface area contributed by atoms with Gasteiger partial charge >= 0.3 is 0 Å². The predicted octanol–water partition coefficient (Wildman–Crippen LogP) is 4.06. The summed E-state index contributed by atoms with van der Waals surface area (Å²) in [6.07, 6.45) is 0.850. The number of benzene rings is 2. The molecule has 5 nitrogen and oxygen atoms in total. The first kappa shape index (κ1) is 18.6. The maximum atomic E-state index is 12.3. The molecule has 0 radical (unpaired) electrons. The lowest BCUT2D eigenvalue weighted by Crippen LogP contribution is -2.21. The molecule has 0 bridgehead atoms. The third kappa shape index (κ3) is 5.41. The van der Waals surface area contributed by atoms with Gasteiger partial charge in [0.2, 0.25) is 0 Å². The van der Waals surface area contributed by atoms with E-state index < -0.39 is 0 Å². The molecule has 0 aromatic heterocycles. The molecule has 0 aliphatic heterocycles. The van der Waals surface area contributed by atoms with Gasteiger partial charge in [-0.3, -0.25) is 4.79 Å². The van der Waals surface area contributed by atoms with Gasteiger partial charge in [-0.05, 0) is 44.0 Å². The van der Waals surface area contributed by atoms with Gasteiger partial charge < -0.3 is 19.5 Å². The molecule has 0 aliphatic rings. The highest BCUT2D eigenvalue weighted by atomic mass is 16.5. The summed E-state index contributed by atoms with van der Waals surface area (Å²) in [7, 11) is 0. The number of nitrogens with one attached hydrogen (secondary N) is 1. The lowest BCUT2D eigenvalue weighted by atomic mass is 10.1. The van der Waals surface area contributed by atoms with E-state index in [0.717, 1.165) is 17.7 Å². The summed E-state index contributed by atoms with van der Waals surface area (Å²) in [6.45, 7) is 6.85. The van der Waals surface area contributed by atoms with E-state index in [9.17, 15) is 4.79 Å². The summed E-state index contributed by atoms with van der Waals surface area (Å²) in [6, 6.07) is 13.1. The topological polar surface area (TPSA) is 56.8 Å². The molecule has 25 heavy (non-hydrogen) atoms. The van der Waals surface area contributed by atoms with Crippen LogP contribution in [0.15, 0.2) is 42.5 Å². The SMILES string of the molecule is CCOc1ccc(OCC)c(NC(=O)COc2ccccc2CC)c1. The maximum Gasteiger partial charge on any atom is 0.262 e. The number of ether oxygens (including phenoxy) is 3. The summed E-state index contributed by atoms with van der Waals surface area (Å²) in [4.78, 5) is 12.3. The van der Waals surface area contributed by atoms with Crippen LogP contribution < -0.4 is 19.5 Å². The summed E-state index contributed by atoms with van der Waals surface area (Å²) in [5, 5.41) is 2.83. The number of para-hydroxylation sites is 1. The first-order valence-corrected chi connectivity index (χ1v) is 8.58. The number of rotatable bonds is 9. The van der Waals surface area contributed by atoms with Gasteiger partial charge in [-0.15, -0.1) is 0 Å². The Kier molecular flexibility index (Phi) is 7.14. The molecule has 2 aromatic rings. The van der Waals surface area contributed by atoms with E-state index in [2.05, 4.69) is 12.2 Å². The van der Waals surface area contributed by atoms with Crippen molar-refractivity contribution in [2.24, 2.45) is 0 Å². The predicted molar refractivity (Wildman–Crippen MR) is 98.7 cm³/mol. The Morgan fingerprint density at radius 2 is 1.68 bits per heavy atom. The van der Waals surface area contributed by atoms with Crippen LogP contribution in [0.2, 0.25) is 0 Å². The number of amides is 1. The van der Waals surface area contributed by atoms with Crippen molar-refractivity contribution in [3.8, 4) is 17.2 Å². The molecule has 0 saturated heterocycles. The highest BCUT2D eigenvalue weighted by molar-refractivity contribution is 5.93. The largest absolute Gasteiger partial charge is 0.494 e. The van der Waals surface area contributed by atoms with E-state index in [1.165, 1.54) is 0 Å². The summed E-state index contributed by atoms with van der Waals surface area (Å²) < 4.78 is 16.7. The van der Waals surface area contributed by atoms with E-state index in [4.69, 9.17) is 14.2 Å². The van der Waals surface area contributed by atoms with Gasteiger partial charge in [0.05, 0.1) is 18.9 Å². The molecule has 0 unspecified atom stereocenters. The Bertz CT molecular complexity index is 700. The lowest BCUT2D eigenvalue weighted by molar-refractivity contribution is -0.118. The van der Waals surface area contributed by atoms with Crippen molar-refractivity contribution in [3.05, 3.63) is 48.0 Å². The Balaban J connectivity index is 2.04. The van der Waals surface area contributed by atoms with Crippen molar-refractivity contribution in [3.63, 3.8) is 0 Å². The number of hydrogen-bond acceptors (Lipinski definition) is 4.